The summed E-state index contributed by atoms with van der Waals surface area (Å²) in [6.07, 6.45) is 2.06. The Labute approximate surface area is 189 Å². The second-order valence-electron chi connectivity index (χ2n) is 7.60. The van der Waals surface area contributed by atoms with Crippen molar-refractivity contribution in [2.75, 3.05) is 23.0 Å². The number of thioether (sulfide) groups is 1. The van der Waals surface area contributed by atoms with E-state index >= 15 is 0 Å². The molecule has 0 aromatic heterocycles. The van der Waals surface area contributed by atoms with E-state index in [0.29, 0.717) is 38.0 Å². The quantitative estimate of drug-likeness (QED) is 0.592. The van der Waals surface area contributed by atoms with Crippen LogP contribution >= 0.6 is 11.8 Å². The Bertz CT molecular complexity index is 1040. The van der Waals surface area contributed by atoms with Crippen molar-refractivity contribution in [3.8, 4) is 5.75 Å². The molecule has 2 heterocycles. The van der Waals surface area contributed by atoms with Gasteiger partial charge in [0.15, 0.2) is 0 Å². The van der Waals surface area contributed by atoms with Gasteiger partial charge in [0.05, 0.1) is 18.9 Å². The van der Waals surface area contributed by atoms with Gasteiger partial charge in [-0.1, -0.05) is 23.9 Å². The molecule has 2 aromatic rings. The fraction of sp³-hybridized carbons (Fsp3) is 0.304. The minimum atomic E-state index is -0.225. The largest absolute Gasteiger partial charge is 0.494 e. The number of nitrogens with zero attached hydrogens (tertiary/aromatic N) is 1. The highest BCUT2D eigenvalue weighted by Crippen LogP contribution is 2.27. The van der Waals surface area contributed by atoms with Crippen molar-refractivity contribution >= 4 is 46.1 Å². The van der Waals surface area contributed by atoms with Crippen LogP contribution in [0.1, 0.15) is 30.4 Å². The van der Waals surface area contributed by atoms with Gasteiger partial charge in [-0.2, -0.15) is 0 Å². The van der Waals surface area contributed by atoms with Crippen LogP contribution in [0.25, 0.3) is 0 Å². The van der Waals surface area contributed by atoms with Crippen LogP contribution in [-0.4, -0.2) is 40.2 Å². The van der Waals surface area contributed by atoms with E-state index in [-0.39, 0.29) is 35.3 Å². The van der Waals surface area contributed by atoms with Crippen LogP contribution < -0.4 is 15.4 Å². The normalized spacial score (nSPS) is 15.4. The molecule has 0 aliphatic carbocycles. The van der Waals surface area contributed by atoms with Crippen LogP contribution in [0.15, 0.2) is 42.5 Å². The van der Waals surface area contributed by atoms with Crippen molar-refractivity contribution in [1.29, 1.82) is 0 Å². The number of nitrogens with one attached hydrogen (secondary N) is 2. The third-order valence-corrected chi connectivity index (χ3v) is 6.07. The summed E-state index contributed by atoms with van der Waals surface area (Å²) in [4.78, 5) is 48.2. The minimum Gasteiger partial charge on any atom is -0.494 e. The van der Waals surface area contributed by atoms with Gasteiger partial charge in [0.25, 0.3) is 5.24 Å². The van der Waals surface area contributed by atoms with E-state index in [1.807, 2.05) is 18.2 Å². The summed E-state index contributed by atoms with van der Waals surface area (Å²) < 4.78 is 5.74. The monoisotopic (exact) mass is 453 g/mol. The average Bonchev–Trinajstić information content (AvgIpc) is 3.10. The van der Waals surface area contributed by atoms with Gasteiger partial charge >= 0.3 is 0 Å². The standard InChI is InChI=1S/C23H23N3O5S/c27-20(2-1-11-31-18-8-9-19-16(12-18)5-10-21(28)25-19)24-17-6-3-15(4-7-17)13-26-22(29)14-32-23(26)30/h3-4,6-9,12H,1-2,5,10-11,13-14H2,(H,24,27)(H,25,28). The Balaban J connectivity index is 1.19. The molecule has 0 spiro atoms. The third-order valence-electron chi connectivity index (χ3n) is 5.21. The Kier molecular flexibility index (Phi) is 6.75. The first kappa shape index (κ1) is 21.9. The zero-order chi connectivity index (χ0) is 22.5. The Morgan fingerprint density at radius 3 is 2.66 bits per heavy atom. The lowest BCUT2D eigenvalue weighted by Crippen LogP contribution is -2.27. The topological polar surface area (TPSA) is 105 Å². The summed E-state index contributed by atoms with van der Waals surface area (Å²) in [6, 6.07) is 12.7. The molecule has 1 saturated heterocycles. The number of rotatable bonds is 8. The van der Waals surface area contributed by atoms with Gasteiger partial charge in [0.2, 0.25) is 17.7 Å². The van der Waals surface area contributed by atoms with Gasteiger partial charge < -0.3 is 15.4 Å². The van der Waals surface area contributed by atoms with Crippen molar-refractivity contribution in [2.24, 2.45) is 0 Å². The Morgan fingerprint density at radius 1 is 1.09 bits per heavy atom. The number of ether oxygens (including phenoxy) is 1. The summed E-state index contributed by atoms with van der Waals surface area (Å²) in [5, 5.41) is 5.45. The zero-order valence-corrected chi connectivity index (χ0v) is 18.2. The molecule has 8 nitrogen and oxygen atoms in total. The zero-order valence-electron chi connectivity index (χ0n) is 17.4. The second kappa shape index (κ2) is 9.86. The maximum absolute atomic E-state index is 12.2. The summed E-state index contributed by atoms with van der Waals surface area (Å²) in [5.41, 5.74) is 3.37. The number of anilines is 2. The Hall–Kier alpha value is -3.33. The highest BCUT2D eigenvalue weighted by atomic mass is 32.2. The molecule has 9 heteroatoms. The van der Waals surface area contributed by atoms with Crippen molar-refractivity contribution in [3.63, 3.8) is 0 Å². The fourth-order valence-corrected chi connectivity index (χ4v) is 4.23. The highest BCUT2D eigenvalue weighted by Gasteiger charge is 2.29. The van der Waals surface area contributed by atoms with E-state index in [4.69, 9.17) is 4.74 Å². The smallest absolute Gasteiger partial charge is 0.289 e. The number of hydrogen-bond acceptors (Lipinski definition) is 6. The average molecular weight is 454 g/mol. The number of hydrogen-bond donors (Lipinski definition) is 2. The van der Waals surface area contributed by atoms with Crippen molar-refractivity contribution in [3.05, 3.63) is 53.6 Å². The van der Waals surface area contributed by atoms with Gasteiger partial charge in [0.1, 0.15) is 5.75 Å². The summed E-state index contributed by atoms with van der Waals surface area (Å²) in [6.45, 7) is 0.651. The summed E-state index contributed by atoms with van der Waals surface area (Å²) in [7, 11) is 0. The van der Waals surface area contributed by atoms with Crippen LogP contribution in [0.3, 0.4) is 0 Å². The molecule has 2 aliphatic rings. The molecule has 0 radical (unpaired) electrons. The van der Waals surface area contributed by atoms with Crippen LogP contribution in [0.2, 0.25) is 0 Å². The van der Waals surface area contributed by atoms with Gasteiger partial charge in [-0.05, 0) is 54.3 Å². The van der Waals surface area contributed by atoms with Crippen LogP contribution in [0.5, 0.6) is 5.75 Å². The summed E-state index contributed by atoms with van der Waals surface area (Å²) >= 11 is 1.01. The molecular weight excluding hydrogens is 430 g/mol. The number of aryl methyl sites for hydroxylation is 1. The molecule has 4 rings (SSSR count). The van der Waals surface area contributed by atoms with Crippen molar-refractivity contribution in [1.82, 2.24) is 4.90 Å². The first-order valence-corrected chi connectivity index (χ1v) is 11.4. The molecule has 2 aromatic carbocycles. The summed E-state index contributed by atoms with van der Waals surface area (Å²) in [5.74, 6) is 0.658. The minimum absolute atomic E-state index is 0.0303. The molecule has 4 amide bonds. The van der Waals surface area contributed by atoms with E-state index in [0.717, 1.165) is 34.3 Å². The van der Waals surface area contributed by atoms with Crippen LogP contribution in [-0.2, 0) is 27.3 Å². The van der Waals surface area contributed by atoms with Crippen molar-refractivity contribution in [2.45, 2.75) is 32.2 Å². The molecular formula is C23H23N3O5S. The lowest BCUT2D eigenvalue weighted by molar-refractivity contribution is -0.125. The molecule has 1 fully saturated rings. The molecule has 32 heavy (non-hydrogen) atoms. The SMILES string of the molecule is O=C(CCCOc1ccc2c(c1)CCC(=O)N2)Nc1ccc(CN2C(=O)CSC2=O)cc1. The van der Waals surface area contributed by atoms with Gasteiger partial charge in [-0.25, -0.2) is 0 Å². The van der Waals surface area contributed by atoms with Crippen molar-refractivity contribution < 1.29 is 23.9 Å². The molecule has 0 atom stereocenters. The Morgan fingerprint density at radius 2 is 1.91 bits per heavy atom. The molecule has 0 bridgehead atoms. The predicted octanol–water partition coefficient (Wildman–Crippen LogP) is 3.56. The van der Waals surface area contributed by atoms with E-state index < -0.39 is 0 Å². The molecule has 2 aliphatic heterocycles. The number of amides is 4. The number of benzene rings is 2. The third kappa shape index (κ3) is 5.47. The number of carbonyl (C=O) groups excluding carboxylic acids is 4. The maximum atomic E-state index is 12.2. The van der Waals surface area contributed by atoms with Gasteiger partial charge in [0, 0.05) is 24.2 Å². The second-order valence-corrected chi connectivity index (χ2v) is 8.53. The van der Waals surface area contributed by atoms with E-state index in [1.165, 1.54) is 4.90 Å². The fourth-order valence-electron chi connectivity index (χ4n) is 3.51. The number of fused-ring (bicyclic) bond motifs is 1. The molecule has 166 valence electrons. The van der Waals surface area contributed by atoms with Gasteiger partial charge in [-0.15, -0.1) is 0 Å². The van der Waals surface area contributed by atoms with Crippen LogP contribution in [0, 0.1) is 0 Å². The first-order chi connectivity index (χ1) is 15.5. The van der Waals surface area contributed by atoms with E-state index in [9.17, 15) is 19.2 Å². The molecule has 2 N–H and O–H groups in total. The lowest BCUT2D eigenvalue weighted by Gasteiger charge is -2.17. The maximum Gasteiger partial charge on any atom is 0.289 e. The molecule has 0 unspecified atom stereocenters. The number of imide groups is 1. The van der Waals surface area contributed by atoms with E-state index in [2.05, 4.69) is 10.6 Å². The highest BCUT2D eigenvalue weighted by molar-refractivity contribution is 8.14. The molecule has 0 saturated carbocycles. The number of carbonyl (C=O) groups is 4. The lowest BCUT2D eigenvalue weighted by atomic mass is 10.0. The first-order valence-electron chi connectivity index (χ1n) is 10.4. The van der Waals surface area contributed by atoms with Crippen LogP contribution in [0.4, 0.5) is 16.2 Å². The predicted molar refractivity (Wildman–Crippen MR) is 122 cm³/mol. The van der Waals surface area contributed by atoms with E-state index in [1.54, 1.807) is 24.3 Å². The van der Waals surface area contributed by atoms with Gasteiger partial charge in [-0.3, -0.25) is 24.1 Å².